The molecule has 1 N–H and O–H groups in total. The Morgan fingerprint density at radius 3 is 2.37 bits per heavy atom. The van der Waals surface area contributed by atoms with Crippen molar-refractivity contribution in [3.8, 4) is 0 Å². The molecule has 6 nitrogen and oxygen atoms in total. The number of benzene rings is 2. The van der Waals surface area contributed by atoms with E-state index in [2.05, 4.69) is 4.98 Å². The van der Waals surface area contributed by atoms with E-state index >= 15 is 0 Å². The Morgan fingerprint density at radius 2 is 1.70 bits per heavy atom. The van der Waals surface area contributed by atoms with Crippen LogP contribution in [0.15, 0.2) is 52.9 Å². The Kier molecular flexibility index (Phi) is 4.77. The van der Waals surface area contributed by atoms with Crippen molar-refractivity contribution >= 4 is 50.2 Å². The number of thioether (sulfide) groups is 1. The summed E-state index contributed by atoms with van der Waals surface area (Å²) in [6.45, 7) is -0.0142. The van der Waals surface area contributed by atoms with Gasteiger partial charge in [-0.25, -0.2) is 4.98 Å². The second kappa shape index (κ2) is 7.22. The lowest BCUT2D eigenvalue weighted by molar-refractivity contribution is -0.118. The normalized spacial score (nSPS) is 14.6. The second-order valence-corrected chi connectivity index (χ2v) is 8.26. The SMILES string of the molecule is O=C(Sc1nc2ccccc2s1)C(O)CCN1C(=O)c2ccccc2C1=O. The zero-order valence-corrected chi connectivity index (χ0v) is 15.6. The molecule has 1 aliphatic rings. The van der Waals surface area contributed by atoms with Gasteiger partial charge in [-0.1, -0.05) is 24.3 Å². The first-order chi connectivity index (χ1) is 13.0. The van der Waals surface area contributed by atoms with Crippen LogP contribution in [0.3, 0.4) is 0 Å². The zero-order chi connectivity index (χ0) is 19.0. The lowest BCUT2D eigenvalue weighted by atomic mass is 10.1. The number of imide groups is 1. The van der Waals surface area contributed by atoms with Crippen LogP contribution in [-0.4, -0.2) is 44.6 Å². The van der Waals surface area contributed by atoms with Crippen molar-refractivity contribution in [2.75, 3.05) is 6.54 Å². The molecule has 0 aliphatic carbocycles. The number of aliphatic hydroxyl groups is 1. The molecule has 1 aliphatic heterocycles. The molecular formula is C19H14N2O4S2. The zero-order valence-electron chi connectivity index (χ0n) is 14.0. The van der Waals surface area contributed by atoms with E-state index in [9.17, 15) is 19.5 Å². The van der Waals surface area contributed by atoms with Gasteiger partial charge in [-0.2, -0.15) is 0 Å². The first kappa shape index (κ1) is 17.8. The number of amides is 2. The third-order valence-corrected chi connectivity index (χ3v) is 6.31. The van der Waals surface area contributed by atoms with Crippen molar-refractivity contribution in [1.29, 1.82) is 0 Å². The number of carbonyl (C=O) groups is 3. The molecule has 0 saturated heterocycles. The number of rotatable bonds is 5. The highest BCUT2D eigenvalue weighted by Crippen LogP contribution is 2.31. The lowest BCUT2D eigenvalue weighted by Crippen LogP contribution is -2.33. The average Bonchev–Trinajstić information content (AvgIpc) is 3.19. The van der Waals surface area contributed by atoms with E-state index in [1.807, 2.05) is 24.3 Å². The number of aromatic nitrogens is 1. The Labute approximate surface area is 162 Å². The molecule has 0 radical (unpaired) electrons. The number of thiazole rings is 1. The Balaban J connectivity index is 1.38. The Hall–Kier alpha value is -2.55. The van der Waals surface area contributed by atoms with Gasteiger partial charge in [0, 0.05) is 6.54 Å². The van der Waals surface area contributed by atoms with Crippen molar-refractivity contribution in [1.82, 2.24) is 9.88 Å². The van der Waals surface area contributed by atoms with Crippen LogP contribution in [0.4, 0.5) is 0 Å². The number of fused-ring (bicyclic) bond motifs is 2. The second-order valence-electron chi connectivity index (χ2n) is 5.98. The van der Waals surface area contributed by atoms with Crippen molar-refractivity contribution in [3.63, 3.8) is 0 Å². The standard InChI is InChI=1S/C19H14N2O4S2/c22-14(18(25)27-19-20-13-7-3-4-8-15(13)26-19)9-10-21-16(23)11-5-1-2-6-12(11)17(21)24/h1-8,14,22H,9-10H2. The summed E-state index contributed by atoms with van der Waals surface area (Å²) in [6.07, 6.45) is -1.30. The van der Waals surface area contributed by atoms with E-state index in [4.69, 9.17) is 0 Å². The van der Waals surface area contributed by atoms with Gasteiger partial charge in [-0.3, -0.25) is 19.3 Å². The summed E-state index contributed by atoms with van der Waals surface area (Å²) in [5, 5.41) is 9.71. The van der Waals surface area contributed by atoms with Gasteiger partial charge in [0.1, 0.15) is 6.10 Å². The first-order valence-corrected chi connectivity index (χ1v) is 9.88. The van der Waals surface area contributed by atoms with Crippen molar-refractivity contribution in [2.24, 2.45) is 0 Å². The average molecular weight is 398 g/mol. The minimum atomic E-state index is -1.29. The highest BCUT2D eigenvalue weighted by molar-refractivity contribution is 8.15. The molecule has 27 heavy (non-hydrogen) atoms. The molecule has 0 saturated carbocycles. The fourth-order valence-electron chi connectivity index (χ4n) is 2.86. The maximum absolute atomic E-state index is 12.3. The van der Waals surface area contributed by atoms with E-state index in [1.165, 1.54) is 11.3 Å². The van der Waals surface area contributed by atoms with Gasteiger partial charge in [-0.15, -0.1) is 11.3 Å². The van der Waals surface area contributed by atoms with Crippen LogP contribution in [0, 0.1) is 0 Å². The van der Waals surface area contributed by atoms with Crippen LogP contribution in [0.25, 0.3) is 10.2 Å². The fraction of sp³-hybridized carbons (Fsp3) is 0.158. The summed E-state index contributed by atoms with van der Waals surface area (Å²) in [5.41, 5.74) is 1.51. The molecule has 3 aromatic rings. The number of hydrogen-bond acceptors (Lipinski definition) is 7. The molecule has 1 aromatic heterocycles. The molecular weight excluding hydrogens is 384 g/mol. The Bertz CT molecular complexity index is 995. The van der Waals surface area contributed by atoms with Crippen LogP contribution in [0.1, 0.15) is 27.1 Å². The molecule has 4 rings (SSSR count). The van der Waals surface area contributed by atoms with Gasteiger partial charge < -0.3 is 5.11 Å². The maximum atomic E-state index is 12.3. The summed E-state index contributed by atoms with van der Waals surface area (Å²) in [7, 11) is 0. The highest BCUT2D eigenvalue weighted by Gasteiger charge is 2.35. The van der Waals surface area contributed by atoms with Gasteiger partial charge >= 0.3 is 0 Å². The number of carbonyl (C=O) groups excluding carboxylic acids is 3. The Morgan fingerprint density at radius 1 is 1.07 bits per heavy atom. The van der Waals surface area contributed by atoms with Crippen LogP contribution >= 0.6 is 23.1 Å². The summed E-state index contributed by atoms with van der Waals surface area (Å²) in [4.78, 5) is 42.3. The molecule has 1 atom stereocenters. The monoisotopic (exact) mass is 398 g/mol. The minimum absolute atomic E-state index is 0.0117. The third kappa shape index (κ3) is 3.39. The van der Waals surface area contributed by atoms with E-state index in [1.54, 1.807) is 24.3 Å². The van der Waals surface area contributed by atoms with Gasteiger partial charge in [0.15, 0.2) is 4.34 Å². The van der Waals surface area contributed by atoms with Crippen molar-refractivity contribution < 1.29 is 19.5 Å². The first-order valence-electron chi connectivity index (χ1n) is 8.25. The molecule has 0 bridgehead atoms. The molecule has 1 unspecified atom stereocenters. The predicted molar refractivity (Wildman–Crippen MR) is 103 cm³/mol. The third-order valence-electron chi connectivity index (χ3n) is 4.24. The van der Waals surface area contributed by atoms with Crippen LogP contribution in [-0.2, 0) is 4.79 Å². The largest absolute Gasteiger partial charge is 0.384 e. The van der Waals surface area contributed by atoms with E-state index in [-0.39, 0.29) is 13.0 Å². The molecule has 2 amide bonds. The number of hydrogen-bond donors (Lipinski definition) is 1. The molecule has 0 fully saturated rings. The lowest BCUT2D eigenvalue weighted by Gasteiger charge is -2.15. The van der Waals surface area contributed by atoms with E-state index < -0.39 is 23.0 Å². The number of aliphatic hydroxyl groups excluding tert-OH is 1. The predicted octanol–water partition coefficient (Wildman–Crippen LogP) is 2.96. The minimum Gasteiger partial charge on any atom is -0.384 e. The van der Waals surface area contributed by atoms with Crippen molar-refractivity contribution in [3.05, 3.63) is 59.7 Å². The summed E-state index contributed by atoms with van der Waals surface area (Å²) in [6, 6.07) is 14.1. The number of nitrogens with zero attached hydrogens (tertiary/aromatic N) is 2. The molecule has 8 heteroatoms. The number of para-hydroxylation sites is 1. The summed E-state index contributed by atoms with van der Waals surface area (Å²) >= 11 is 2.26. The fourth-order valence-corrected chi connectivity index (χ4v) is 4.81. The van der Waals surface area contributed by atoms with Crippen molar-refractivity contribution in [2.45, 2.75) is 16.9 Å². The van der Waals surface area contributed by atoms with Crippen LogP contribution in [0.2, 0.25) is 0 Å². The smallest absolute Gasteiger partial charge is 0.261 e. The summed E-state index contributed by atoms with van der Waals surface area (Å²) in [5.74, 6) is -0.789. The molecule has 2 heterocycles. The quantitative estimate of drug-likeness (QED) is 0.525. The maximum Gasteiger partial charge on any atom is 0.261 e. The highest BCUT2D eigenvalue weighted by atomic mass is 32.2. The van der Waals surface area contributed by atoms with Gasteiger partial charge in [0.2, 0.25) is 5.12 Å². The van der Waals surface area contributed by atoms with Gasteiger partial charge in [0.05, 0.1) is 21.3 Å². The van der Waals surface area contributed by atoms with Gasteiger partial charge in [0.25, 0.3) is 11.8 Å². The topological polar surface area (TPSA) is 87.6 Å². The van der Waals surface area contributed by atoms with Crippen LogP contribution in [0.5, 0.6) is 0 Å². The van der Waals surface area contributed by atoms with Gasteiger partial charge in [-0.05, 0) is 42.4 Å². The summed E-state index contributed by atoms with van der Waals surface area (Å²) < 4.78 is 1.52. The molecule has 136 valence electrons. The van der Waals surface area contributed by atoms with E-state index in [0.29, 0.717) is 15.5 Å². The van der Waals surface area contributed by atoms with Crippen LogP contribution < -0.4 is 0 Å². The molecule has 2 aromatic carbocycles. The van der Waals surface area contributed by atoms with E-state index in [0.717, 1.165) is 26.9 Å². The molecule has 0 spiro atoms.